The van der Waals surface area contributed by atoms with Crippen molar-refractivity contribution in [2.24, 2.45) is 0 Å². The molecule has 0 saturated heterocycles. The highest BCUT2D eigenvalue weighted by atomic mass is 35.5. The number of anilines is 1. The second-order valence-corrected chi connectivity index (χ2v) is 6.64. The lowest BCUT2D eigenvalue weighted by Crippen LogP contribution is -2.12. The fourth-order valence-corrected chi connectivity index (χ4v) is 3.27. The number of carbonyl (C=O) groups is 1. The molecule has 2 aromatic carbocycles. The minimum atomic E-state index is -0.714. The molecule has 0 bridgehead atoms. The Hall–Kier alpha value is -2.15. The normalized spacial score (nSPS) is 10.6. The summed E-state index contributed by atoms with van der Waals surface area (Å²) in [6.07, 6.45) is 0. The Morgan fingerprint density at radius 3 is 2.60 bits per heavy atom. The molecule has 3 rings (SSSR count). The van der Waals surface area contributed by atoms with Crippen molar-refractivity contribution < 1.29 is 13.9 Å². The third-order valence-corrected chi connectivity index (χ3v) is 4.73. The molecule has 4 nitrogen and oxygen atoms in total. The van der Waals surface area contributed by atoms with Crippen LogP contribution in [0.1, 0.15) is 10.4 Å². The molecule has 1 amide bonds. The number of carbonyl (C=O) groups excluding carboxylic acids is 1. The lowest BCUT2D eigenvalue weighted by molar-refractivity contribution is 0.102. The van der Waals surface area contributed by atoms with Crippen LogP contribution in [0.3, 0.4) is 0 Å². The molecule has 1 N–H and O–H groups in total. The second-order valence-electron chi connectivity index (χ2n) is 4.97. The number of amides is 1. The van der Waals surface area contributed by atoms with Gasteiger partial charge in [-0.25, -0.2) is 9.37 Å². The molecule has 3 aromatic rings. The highest BCUT2D eigenvalue weighted by Gasteiger charge is 2.16. The molecule has 0 saturated carbocycles. The number of thiazole rings is 1. The first-order chi connectivity index (χ1) is 12.0. The van der Waals surface area contributed by atoms with Gasteiger partial charge in [-0.3, -0.25) is 10.1 Å². The number of hydrogen-bond donors (Lipinski definition) is 1. The van der Waals surface area contributed by atoms with E-state index in [1.54, 1.807) is 7.11 Å². The van der Waals surface area contributed by atoms with Gasteiger partial charge >= 0.3 is 0 Å². The van der Waals surface area contributed by atoms with Crippen LogP contribution in [0.4, 0.5) is 9.52 Å². The van der Waals surface area contributed by atoms with Crippen molar-refractivity contribution in [1.29, 1.82) is 0 Å². The van der Waals surface area contributed by atoms with E-state index in [-0.39, 0.29) is 15.6 Å². The van der Waals surface area contributed by atoms with Crippen LogP contribution in [0, 0.1) is 5.82 Å². The van der Waals surface area contributed by atoms with E-state index in [9.17, 15) is 9.18 Å². The van der Waals surface area contributed by atoms with Crippen LogP contribution in [-0.2, 0) is 0 Å². The van der Waals surface area contributed by atoms with Gasteiger partial charge < -0.3 is 4.74 Å². The molecule has 0 atom stereocenters. The number of methoxy groups -OCH3 is 1. The van der Waals surface area contributed by atoms with E-state index < -0.39 is 11.7 Å². The summed E-state index contributed by atoms with van der Waals surface area (Å²) in [7, 11) is 1.59. The Labute approximate surface area is 157 Å². The lowest BCUT2D eigenvalue weighted by atomic mass is 10.2. The summed E-state index contributed by atoms with van der Waals surface area (Å²) < 4.78 is 18.7. The molecule has 0 aliphatic carbocycles. The Morgan fingerprint density at radius 2 is 1.92 bits per heavy atom. The van der Waals surface area contributed by atoms with Crippen molar-refractivity contribution >= 4 is 45.6 Å². The van der Waals surface area contributed by atoms with Crippen molar-refractivity contribution in [2.45, 2.75) is 0 Å². The van der Waals surface area contributed by atoms with Gasteiger partial charge in [0.1, 0.15) is 11.6 Å². The van der Waals surface area contributed by atoms with Crippen molar-refractivity contribution in [2.75, 3.05) is 12.4 Å². The van der Waals surface area contributed by atoms with E-state index in [0.29, 0.717) is 10.8 Å². The topological polar surface area (TPSA) is 51.2 Å². The molecule has 0 radical (unpaired) electrons. The summed E-state index contributed by atoms with van der Waals surface area (Å²) in [6, 6.07) is 9.57. The smallest absolute Gasteiger partial charge is 0.259 e. The molecule has 0 fully saturated rings. The number of nitrogens with one attached hydrogen (secondary N) is 1. The van der Waals surface area contributed by atoms with Gasteiger partial charge in [0.25, 0.3) is 5.91 Å². The van der Waals surface area contributed by atoms with E-state index in [1.807, 2.05) is 29.6 Å². The molecule has 0 spiro atoms. The molecule has 128 valence electrons. The number of nitrogens with zero attached hydrogens (tertiary/aromatic N) is 1. The zero-order valence-corrected chi connectivity index (χ0v) is 15.2. The van der Waals surface area contributed by atoms with Gasteiger partial charge in [-0.2, -0.15) is 0 Å². The monoisotopic (exact) mass is 396 g/mol. The zero-order valence-electron chi connectivity index (χ0n) is 12.8. The van der Waals surface area contributed by atoms with Crippen LogP contribution in [0.15, 0.2) is 41.8 Å². The first kappa shape index (κ1) is 17.7. The summed E-state index contributed by atoms with van der Waals surface area (Å²) in [5, 5.41) is 4.72. The first-order valence-electron chi connectivity index (χ1n) is 7.04. The predicted molar refractivity (Wildman–Crippen MR) is 98.5 cm³/mol. The lowest BCUT2D eigenvalue weighted by Gasteiger charge is -2.05. The number of ether oxygens (including phenoxy) is 1. The third-order valence-electron chi connectivity index (χ3n) is 3.37. The van der Waals surface area contributed by atoms with Gasteiger partial charge in [0.2, 0.25) is 0 Å². The molecule has 25 heavy (non-hydrogen) atoms. The van der Waals surface area contributed by atoms with Gasteiger partial charge in [0.15, 0.2) is 5.13 Å². The maximum Gasteiger partial charge on any atom is 0.259 e. The van der Waals surface area contributed by atoms with Crippen LogP contribution in [0.2, 0.25) is 10.0 Å². The summed E-state index contributed by atoms with van der Waals surface area (Å²) in [5.74, 6) is -0.530. The Balaban J connectivity index is 1.79. The SMILES string of the molecule is COc1ccc(-c2csc(NC(=O)c3cc(F)c(Cl)cc3Cl)n2)cc1. The van der Waals surface area contributed by atoms with Crippen LogP contribution < -0.4 is 10.1 Å². The molecular weight excluding hydrogens is 386 g/mol. The van der Waals surface area contributed by atoms with Gasteiger partial charge in [-0.1, -0.05) is 23.2 Å². The van der Waals surface area contributed by atoms with Crippen molar-refractivity contribution in [1.82, 2.24) is 4.98 Å². The largest absolute Gasteiger partial charge is 0.497 e. The maximum absolute atomic E-state index is 13.6. The summed E-state index contributed by atoms with van der Waals surface area (Å²) in [5.41, 5.74) is 1.58. The molecule has 1 heterocycles. The standard InChI is InChI=1S/C17H11Cl2FN2O2S/c1-24-10-4-2-9(3-5-10)15-8-25-17(21-15)22-16(23)11-6-14(20)13(19)7-12(11)18/h2-8H,1H3,(H,21,22,23). The van der Waals surface area contributed by atoms with E-state index in [2.05, 4.69) is 10.3 Å². The number of halogens is 3. The number of aromatic nitrogens is 1. The van der Waals surface area contributed by atoms with Crippen molar-refractivity contribution in [3.63, 3.8) is 0 Å². The average molecular weight is 397 g/mol. The fraction of sp³-hybridized carbons (Fsp3) is 0.0588. The van der Waals surface area contributed by atoms with Crippen molar-refractivity contribution in [3.05, 3.63) is 63.2 Å². The number of rotatable bonds is 4. The minimum absolute atomic E-state index is 0.00948. The highest BCUT2D eigenvalue weighted by molar-refractivity contribution is 7.14. The fourth-order valence-electron chi connectivity index (χ4n) is 2.09. The highest BCUT2D eigenvalue weighted by Crippen LogP contribution is 2.28. The predicted octanol–water partition coefficient (Wildman–Crippen LogP) is 5.52. The quantitative estimate of drug-likeness (QED) is 0.590. The molecular formula is C17H11Cl2FN2O2S. The molecule has 0 aliphatic rings. The van der Waals surface area contributed by atoms with Gasteiger partial charge in [0.05, 0.1) is 28.4 Å². The Kier molecular flexibility index (Phi) is 5.22. The van der Waals surface area contributed by atoms with Crippen LogP contribution >= 0.6 is 34.5 Å². The van der Waals surface area contributed by atoms with Crippen LogP contribution in [0.5, 0.6) is 5.75 Å². The number of benzene rings is 2. The minimum Gasteiger partial charge on any atom is -0.497 e. The Morgan fingerprint density at radius 1 is 1.20 bits per heavy atom. The van der Waals surface area contributed by atoms with Crippen molar-refractivity contribution in [3.8, 4) is 17.0 Å². The van der Waals surface area contributed by atoms with E-state index >= 15 is 0 Å². The summed E-state index contributed by atoms with van der Waals surface area (Å²) in [4.78, 5) is 16.6. The zero-order chi connectivity index (χ0) is 18.0. The van der Waals surface area contributed by atoms with Crippen LogP contribution in [-0.4, -0.2) is 18.0 Å². The molecule has 0 aliphatic heterocycles. The maximum atomic E-state index is 13.6. The van der Waals surface area contributed by atoms with Gasteiger partial charge in [0, 0.05) is 10.9 Å². The van der Waals surface area contributed by atoms with E-state index in [4.69, 9.17) is 27.9 Å². The van der Waals surface area contributed by atoms with Gasteiger partial charge in [-0.05, 0) is 36.4 Å². The molecule has 8 heteroatoms. The summed E-state index contributed by atoms with van der Waals surface area (Å²) >= 11 is 12.8. The van der Waals surface area contributed by atoms with Crippen LogP contribution in [0.25, 0.3) is 11.3 Å². The Bertz CT molecular complexity index is 929. The average Bonchev–Trinajstić information content (AvgIpc) is 3.06. The number of hydrogen-bond acceptors (Lipinski definition) is 4. The van der Waals surface area contributed by atoms with E-state index in [1.165, 1.54) is 17.4 Å². The third kappa shape index (κ3) is 3.92. The molecule has 1 aromatic heterocycles. The second kappa shape index (κ2) is 7.39. The summed E-state index contributed by atoms with van der Waals surface area (Å²) in [6.45, 7) is 0. The first-order valence-corrected chi connectivity index (χ1v) is 8.67. The van der Waals surface area contributed by atoms with E-state index in [0.717, 1.165) is 17.4 Å². The van der Waals surface area contributed by atoms with Gasteiger partial charge in [-0.15, -0.1) is 11.3 Å². The molecule has 0 unspecified atom stereocenters.